The van der Waals surface area contributed by atoms with E-state index in [1.54, 1.807) is 4.90 Å². The Labute approximate surface area is 140 Å². The third-order valence-electron chi connectivity index (χ3n) is 4.55. The van der Waals surface area contributed by atoms with Gasteiger partial charge in [0.15, 0.2) is 5.13 Å². The Bertz CT molecular complexity index is 611. The van der Waals surface area contributed by atoms with E-state index >= 15 is 0 Å². The molecular formula is C17H22N2O3S. The Balaban J connectivity index is 1.49. The molecule has 0 radical (unpaired) electrons. The number of nitrogens with zero attached hydrogens (tertiary/aromatic N) is 2. The smallest absolute Gasteiger partial charge is 0.311 e. The second-order valence-electron chi connectivity index (χ2n) is 6.31. The molecule has 0 saturated carbocycles. The van der Waals surface area contributed by atoms with E-state index < -0.39 is 0 Å². The summed E-state index contributed by atoms with van der Waals surface area (Å²) in [5, 5.41) is 2.54. The number of aromatic nitrogens is 1. The number of carbonyl (C=O) groups is 2. The van der Waals surface area contributed by atoms with Gasteiger partial charge in [-0.1, -0.05) is 19.1 Å². The summed E-state index contributed by atoms with van der Waals surface area (Å²) in [6.07, 6.45) is 8.04. The predicted molar refractivity (Wildman–Crippen MR) is 89.4 cm³/mol. The summed E-state index contributed by atoms with van der Waals surface area (Å²) in [5.74, 6) is 0.848. The summed E-state index contributed by atoms with van der Waals surface area (Å²) >= 11 is 1.42. The summed E-state index contributed by atoms with van der Waals surface area (Å²) < 4.78 is 5.42. The Morgan fingerprint density at radius 3 is 3.00 bits per heavy atom. The van der Waals surface area contributed by atoms with E-state index in [0.29, 0.717) is 35.7 Å². The number of esters is 1. The van der Waals surface area contributed by atoms with Crippen molar-refractivity contribution in [1.29, 1.82) is 0 Å². The van der Waals surface area contributed by atoms with Crippen LogP contribution in [-0.2, 0) is 20.7 Å². The van der Waals surface area contributed by atoms with E-state index in [0.717, 1.165) is 25.8 Å². The van der Waals surface area contributed by atoms with Crippen molar-refractivity contribution in [2.24, 2.45) is 11.8 Å². The summed E-state index contributed by atoms with van der Waals surface area (Å²) in [6, 6.07) is 0. The Morgan fingerprint density at radius 2 is 2.26 bits per heavy atom. The molecule has 1 aromatic rings. The van der Waals surface area contributed by atoms with Gasteiger partial charge < -0.3 is 4.74 Å². The third-order valence-corrected chi connectivity index (χ3v) is 5.46. The van der Waals surface area contributed by atoms with Gasteiger partial charge in [0.25, 0.3) is 0 Å². The van der Waals surface area contributed by atoms with Gasteiger partial charge in [-0.3, -0.25) is 14.5 Å². The molecule has 1 fully saturated rings. The summed E-state index contributed by atoms with van der Waals surface area (Å²) in [5.41, 5.74) is 0.686. The minimum absolute atomic E-state index is 0.118. The van der Waals surface area contributed by atoms with Crippen LogP contribution in [0.3, 0.4) is 0 Å². The summed E-state index contributed by atoms with van der Waals surface area (Å²) in [7, 11) is 0. The van der Waals surface area contributed by atoms with Crippen LogP contribution in [0.25, 0.3) is 0 Å². The normalized spacial score (nSPS) is 24.2. The van der Waals surface area contributed by atoms with Gasteiger partial charge in [-0.05, 0) is 31.1 Å². The Hall–Kier alpha value is -1.69. The standard InChI is InChI=1S/C17H22N2O3S/c1-12-5-2-3-6-13(12)10-22-16(21)9-14-11-23-17(18-14)19-8-4-7-15(19)20/h2-3,11-13H,4-10H2,1H3. The first kappa shape index (κ1) is 16.2. The number of hydrogen-bond donors (Lipinski definition) is 0. The minimum Gasteiger partial charge on any atom is -0.465 e. The topological polar surface area (TPSA) is 59.5 Å². The molecule has 1 aliphatic carbocycles. The van der Waals surface area contributed by atoms with Crippen molar-refractivity contribution in [1.82, 2.24) is 4.98 Å². The van der Waals surface area contributed by atoms with Gasteiger partial charge in [0.1, 0.15) is 0 Å². The number of anilines is 1. The van der Waals surface area contributed by atoms with E-state index in [2.05, 4.69) is 24.1 Å². The summed E-state index contributed by atoms with van der Waals surface area (Å²) in [6.45, 7) is 3.40. The highest BCUT2D eigenvalue weighted by molar-refractivity contribution is 7.14. The van der Waals surface area contributed by atoms with E-state index in [9.17, 15) is 9.59 Å². The van der Waals surface area contributed by atoms with Gasteiger partial charge in [0.2, 0.25) is 5.91 Å². The van der Waals surface area contributed by atoms with Gasteiger partial charge in [0.05, 0.1) is 18.7 Å². The molecule has 0 aromatic carbocycles. The fourth-order valence-corrected chi connectivity index (χ4v) is 3.86. The number of carbonyl (C=O) groups excluding carboxylic acids is 2. The van der Waals surface area contributed by atoms with E-state index in [1.807, 2.05) is 5.38 Å². The molecule has 3 rings (SSSR count). The fraction of sp³-hybridized carbons (Fsp3) is 0.588. The van der Waals surface area contributed by atoms with E-state index in [4.69, 9.17) is 4.74 Å². The molecule has 0 bridgehead atoms. The lowest BCUT2D eigenvalue weighted by atomic mass is 9.85. The first-order valence-corrected chi connectivity index (χ1v) is 9.07. The molecule has 1 aliphatic heterocycles. The van der Waals surface area contributed by atoms with Crippen molar-refractivity contribution in [3.05, 3.63) is 23.2 Å². The van der Waals surface area contributed by atoms with Crippen LogP contribution in [0, 0.1) is 11.8 Å². The molecule has 0 N–H and O–H groups in total. The zero-order valence-corrected chi connectivity index (χ0v) is 14.2. The molecule has 23 heavy (non-hydrogen) atoms. The molecule has 2 atom stereocenters. The maximum Gasteiger partial charge on any atom is 0.311 e. The molecule has 2 unspecified atom stereocenters. The van der Waals surface area contributed by atoms with Crippen LogP contribution in [0.4, 0.5) is 5.13 Å². The first-order valence-electron chi connectivity index (χ1n) is 8.19. The maximum atomic E-state index is 12.0. The fourth-order valence-electron chi connectivity index (χ4n) is 2.99. The van der Waals surface area contributed by atoms with Crippen LogP contribution >= 0.6 is 11.3 Å². The highest BCUT2D eigenvalue weighted by Crippen LogP contribution is 2.26. The van der Waals surface area contributed by atoms with Gasteiger partial charge in [-0.15, -0.1) is 11.3 Å². The highest BCUT2D eigenvalue weighted by Gasteiger charge is 2.25. The molecule has 6 heteroatoms. The molecular weight excluding hydrogens is 312 g/mol. The SMILES string of the molecule is CC1CC=CCC1COC(=O)Cc1csc(N2CCCC2=O)n1. The van der Waals surface area contributed by atoms with Crippen LogP contribution in [0.1, 0.15) is 38.3 Å². The van der Waals surface area contributed by atoms with Crippen LogP contribution in [0.15, 0.2) is 17.5 Å². The molecule has 1 aromatic heterocycles. The highest BCUT2D eigenvalue weighted by atomic mass is 32.1. The second-order valence-corrected chi connectivity index (χ2v) is 7.15. The molecule has 0 spiro atoms. The second kappa shape index (κ2) is 7.25. The number of allylic oxidation sites excluding steroid dienone is 2. The Kier molecular flexibility index (Phi) is 5.10. The van der Waals surface area contributed by atoms with Gasteiger partial charge in [0, 0.05) is 18.3 Å². The third kappa shape index (κ3) is 3.99. The monoisotopic (exact) mass is 334 g/mol. The van der Waals surface area contributed by atoms with Gasteiger partial charge in [-0.25, -0.2) is 4.98 Å². The van der Waals surface area contributed by atoms with Crippen molar-refractivity contribution in [3.8, 4) is 0 Å². The molecule has 5 nitrogen and oxygen atoms in total. The largest absolute Gasteiger partial charge is 0.465 e. The quantitative estimate of drug-likeness (QED) is 0.613. The van der Waals surface area contributed by atoms with Crippen molar-refractivity contribution in [2.75, 3.05) is 18.1 Å². The van der Waals surface area contributed by atoms with Crippen molar-refractivity contribution < 1.29 is 14.3 Å². The van der Waals surface area contributed by atoms with Crippen molar-refractivity contribution in [3.63, 3.8) is 0 Å². The average molecular weight is 334 g/mol. The van der Waals surface area contributed by atoms with Crippen molar-refractivity contribution >= 4 is 28.3 Å². The molecule has 124 valence electrons. The predicted octanol–water partition coefficient (Wildman–Crippen LogP) is 2.96. The number of amides is 1. The van der Waals surface area contributed by atoms with Gasteiger partial charge >= 0.3 is 5.97 Å². The first-order chi connectivity index (χ1) is 11.1. The number of rotatable bonds is 5. The van der Waals surface area contributed by atoms with E-state index in [-0.39, 0.29) is 18.3 Å². The zero-order valence-electron chi connectivity index (χ0n) is 13.4. The maximum absolute atomic E-state index is 12.0. The summed E-state index contributed by atoms with van der Waals surface area (Å²) in [4.78, 5) is 29.8. The molecule has 2 aliphatic rings. The Morgan fingerprint density at radius 1 is 1.43 bits per heavy atom. The van der Waals surface area contributed by atoms with Crippen LogP contribution in [0.2, 0.25) is 0 Å². The molecule has 2 heterocycles. The minimum atomic E-state index is -0.239. The average Bonchev–Trinajstić information content (AvgIpc) is 3.15. The number of ether oxygens (including phenoxy) is 1. The molecule has 1 saturated heterocycles. The zero-order chi connectivity index (χ0) is 16.2. The van der Waals surface area contributed by atoms with E-state index in [1.165, 1.54) is 11.3 Å². The van der Waals surface area contributed by atoms with Crippen LogP contribution < -0.4 is 4.90 Å². The lowest BCUT2D eigenvalue weighted by Crippen LogP contribution is -2.23. The molecule has 1 amide bonds. The van der Waals surface area contributed by atoms with Gasteiger partial charge in [-0.2, -0.15) is 0 Å². The lowest BCUT2D eigenvalue weighted by molar-refractivity contribution is -0.144. The number of thiazole rings is 1. The lowest BCUT2D eigenvalue weighted by Gasteiger charge is -2.24. The van der Waals surface area contributed by atoms with Crippen LogP contribution in [0.5, 0.6) is 0 Å². The number of hydrogen-bond acceptors (Lipinski definition) is 5. The van der Waals surface area contributed by atoms with Crippen LogP contribution in [-0.4, -0.2) is 30.0 Å². The van der Waals surface area contributed by atoms with Crippen molar-refractivity contribution in [2.45, 2.75) is 39.0 Å².